The highest BCUT2D eigenvalue weighted by Crippen LogP contribution is 2.36. The second-order valence-corrected chi connectivity index (χ2v) is 7.07. The first-order chi connectivity index (χ1) is 13.1. The summed E-state index contributed by atoms with van der Waals surface area (Å²) in [6.07, 6.45) is -4.54. The van der Waals surface area contributed by atoms with Crippen LogP contribution in [0.3, 0.4) is 0 Å². The van der Waals surface area contributed by atoms with Crippen LogP contribution in [0.25, 0.3) is 0 Å². The van der Waals surface area contributed by atoms with Crippen molar-refractivity contribution in [3.8, 4) is 5.75 Å². The van der Waals surface area contributed by atoms with Crippen molar-refractivity contribution in [1.29, 1.82) is 0 Å². The van der Waals surface area contributed by atoms with Crippen LogP contribution in [0, 0.1) is 0 Å². The van der Waals surface area contributed by atoms with Gasteiger partial charge in [0.2, 0.25) is 0 Å². The fraction of sp³-hybridized carbons (Fsp3) is 0.316. The first kappa shape index (κ1) is 20.3. The van der Waals surface area contributed by atoms with Crippen LogP contribution in [0.15, 0.2) is 36.4 Å². The summed E-state index contributed by atoms with van der Waals surface area (Å²) in [5.74, 6) is -1.05. The predicted molar refractivity (Wildman–Crippen MR) is 102 cm³/mol. The lowest BCUT2D eigenvalue weighted by molar-refractivity contribution is -0.137. The summed E-state index contributed by atoms with van der Waals surface area (Å²) in [6.45, 7) is 2.74. The van der Waals surface area contributed by atoms with Gasteiger partial charge in [-0.3, -0.25) is 4.79 Å². The molecule has 0 bridgehead atoms. The van der Waals surface area contributed by atoms with Crippen molar-refractivity contribution in [3.05, 3.63) is 52.5 Å². The summed E-state index contributed by atoms with van der Waals surface area (Å²) < 4.78 is 39.5. The Morgan fingerprint density at radius 2 is 1.79 bits per heavy atom. The van der Waals surface area contributed by atoms with E-state index in [9.17, 15) is 23.1 Å². The Hall–Kier alpha value is -2.45. The fourth-order valence-electron chi connectivity index (χ4n) is 3.02. The monoisotopic (exact) mass is 413 g/mol. The molecule has 0 unspecified atom stereocenters. The number of carbonyl (C=O) groups excluding carboxylic acids is 1. The number of halogens is 4. The van der Waals surface area contributed by atoms with Crippen molar-refractivity contribution in [1.82, 2.24) is 4.90 Å². The molecule has 0 radical (unpaired) electrons. The zero-order chi connectivity index (χ0) is 20.5. The SMILES string of the molecule is CN1CCN(c2ccc(C(F)(F)F)cc2NC(=O)c2cc(Cl)ccc2O)CC1. The van der Waals surface area contributed by atoms with E-state index < -0.39 is 17.6 Å². The molecule has 5 nitrogen and oxygen atoms in total. The van der Waals surface area contributed by atoms with Gasteiger partial charge in [-0.15, -0.1) is 0 Å². The molecule has 1 aliphatic heterocycles. The van der Waals surface area contributed by atoms with Crippen LogP contribution in [0.1, 0.15) is 15.9 Å². The van der Waals surface area contributed by atoms with Crippen molar-refractivity contribution in [2.24, 2.45) is 0 Å². The highest BCUT2D eigenvalue weighted by atomic mass is 35.5. The molecule has 0 aliphatic carbocycles. The van der Waals surface area contributed by atoms with Gasteiger partial charge in [-0.2, -0.15) is 13.2 Å². The summed E-state index contributed by atoms with van der Waals surface area (Å²) in [5, 5.41) is 12.6. The number of phenols is 1. The Balaban J connectivity index is 1.96. The number of amides is 1. The number of nitrogens with one attached hydrogen (secondary N) is 1. The van der Waals surface area contributed by atoms with Gasteiger partial charge in [0.05, 0.1) is 22.5 Å². The third-order valence-electron chi connectivity index (χ3n) is 4.62. The van der Waals surface area contributed by atoms with Crippen LogP contribution in [0.2, 0.25) is 5.02 Å². The second-order valence-electron chi connectivity index (χ2n) is 6.64. The Morgan fingerprint density at radius 1 is 1.11 bits per heavy atom. The van der Waals surface area contributed by atoms with Gasteiger partial charge >= 0.3 is 6.18 Å². The maximum atomic E-state index is 13.2. The quantitative estimate of drug-likeness (QED) is 0.796. The molecule has 2 aromatic rings. The summed E-state index contributed by atoms with van der Waals surface area (Å²) in [5.41, 5.74) is -0.454. The number of nitrogens with zero attached hydrogens (tertiary/aromatic N) is 2. The average molecular weight is 414 g/mol. The van der Waals surface area contributed by atoms with Crippen LogP contribution in [0.4, 0.5) is 24.5 Å². The van der Waals surface area contributed by atoms with Crippen molar-refractivity contribution >= 4 is 28.9 Å². The number of rotatable bonds is 3. The van der Waals surface area contributed by atoms with E-state index in [1.807, 2.05) is 11.9 Å². The number of anilines is 2. The van der Waals surface area contributed by atoms with Gasteiger partial charge in [0, 0.05) is 31.2 Å². The van der Waals surface area contributed by atoms with Crippen molar-refractivity contribution in [2.45, 2.75) is 6.18 Å². The normalized spacial score (nSPS) is 15.5. The van der Waals surface area contributed by atoms with E-state index in [4.69, 9.17) is 11.6 Å². The number of hydrogen-bond donors (Lipinski definition) is 2. The van der Waals surface area contributed by atoms with Gasteiger partial charge in [0.1, 0.15) is 5.75 Å². The maximum absolute atomic E-state index is 13.2. The van der Waals surface area contributed by atoms with Gasteiger partial charge in [-0.25, -0.2) is 0 Å². The number of aromatic hydroxyl groups is 1. The molecule has 28 heavy (non-hydrogen) atoms. The molecule has 1 saturated heterocycles. The highest BCUT2D eigenvalue weighted by molar-refractivity contribution is 6.31. The van der Waals surface area contributed by atoms with Crippen LogP contribution in [0.5, 0.6) is 5.75 Å². The summed E-state index contributed by atoms with van der Waals surface area (Å²) >= 11 is 5.86. The molecule has 150 valence electrons. The molecule has 1 aliphatic rings. The van der Waals surface area contributed by atoms with Gasteiger partial charge < -0.3 is 20.2 Å². The number of benzene rings is 2. The maximum Gasteiger partial charge on any atom is 0.416 e. The van der Waals surface area contributed by atoms with Crippen molar-refractivity contribution in [2.75, 3.05) is 43.4 Å². The number of alkyl halides is 3. The Bertz CT molecular complexity index is 881. The Morgan fingerprint density at radius 3 is 2.43 bits per heavy atom. The molecule has 0 spiro atoms. The summed E-state index contributed by atoms with van der Waals surface area (Å²) in [4.78, 5) is 16.6. The Kier molecular flexibility index (Phi) is 5.71. The number of hydrogen-bond acceptors (Lipinski definition) is 4. The van der Waals surface area contributed by atoms with E-state index in [-0.39, 0.29) is 22.0 Å². The summed E-state index contributed by atoms with van der Waals surface area (Å²) in [7, 11) is 1.97. The van der Waals surface area contributed by atoms with Gasteiger partial charge in [0.25, 0.3) is 5.91 Å². The standard InChI is InChI=1S/C19H19ClF3N3O2/c1-25-6-8-26(9-7-25)16-4-2-12(19(21,22)23)10-15(16)24-18(28)14-11-13(20)3-5-17(14)27/h2-5,10-11,27H,6-9H2,1H3,(H,24,28). The van der Waals surface area contributed by atoms with E-state index in [0.29, 0.717) is 18.8 Å². The van der Waals surface area contributed by atoms with Crippen molar-refractivity contribution < 1.29 is 23.1 Å². The first-order valence-corrected chi connectivity index (χ1v) is 8.97. The predicted octanol–water partition coefficient (Wildman–Crippen LogP) is 4.07. The highest BCUT2D eigenvalue weighted by Gasteiger charge is 2.32. The number of likely N-dealkylation sites (N-methyl/N-ethyl adjacent to an activating group) is 1. The lowest BCUT2D eigenvalue weighted by atomic mass is 10.1. The molecular weight excluding hydrogens is 395 g/mol. The number of piperazine rings is 1. The molecule has 0 aromatic heterocycles. The molecule has 1 amide bonds. The van der Waals surface area contributed by atoms with Gasteiger partial charge in [0.15, 0.2) is 0 Å². The molecule has 9 heteroatoms. The van der Waals surface area contributed by atoms with E-state index in [2.05, 4.69) is 10.2 Å². The zero-order valence-corrected chi connectivity index (χ0v) is 15.8. The number of phenolic OH excluding ortho intramolecular Hbond substituents is 1. The lowest BCUT2D eigenvalue weighted by Crippen LogP contribution is -2.44. The average Bonchev–Trinajstić information content (AvgIpc) is 2.63. The molecule has 2 aromatic carbocycles. The molecule has 3 rings (SSSR count). The van der Waals surface area contributed by atoms with Crippen LogP contribution < -0.4 is 10.2 Å². The minimum absolute atomic E-state index is 0.0313. The Labute approximate surface area is 165 Å². The molecule has 1 fully saturated rings. The van der Waals surface area contributed by atoms with E-state index in [1.54, 1.807) is 0 Å². The third-order valence-corrected chi connectivity index (χ3v) is 4.85. The largest absolute Gasteiger partial charge is 0.507 e. The van der Waals surface area contributed by atoms with E-state index in [1.165, 1.54) is 24.3 Å². The molecule has 0 saturated carbocycles. The third kappa shape index (κ3) is 4.51. The molecule has 2 N–H and O–H groups in total. The molecule has 0 atom stereocenters. The van der Waals surface area contributed by atoms with Crippen molar-refractivity contribution in [3.63, 3.8) is 0 Å². The number of carbonyl (C=O) groups is 1. The molecular formula is C19H19ClF3N3O2. The second kappa shape index (κ2) is 7.89. The minimum Gasteiger partial charge on any atom is -0.507 e. The topological polar surface area (TPSA) is 55.8 Å². The fourth-order valence-corrected chi connectivity index (χ4v) is 3.19. The van der Waals surface area contributed by atoms with Crippen LogP contribution in [-0.4, -0.2) is 49.1 Å². The smallest absolute Gasteiger partial charge is 0.416 e. The van der Waals surface area contributed by atoms with Crippen LogP contribution >= 0.6 is 11.6 Å². The first-order valence-electron chi connectivity index (χ1n) is 8.60. The van der Waals surface area contributed by atoms with E-state index in [0.717, 1.165) is 25.2 Å². The molecule has 1 heterocycles. The minimum atomic E-state index is -4.54. The van der Waals surface area contributed by atoms with Gasteiger partial charge in [-0.05, 0) is 43.4 Å². The van der Waals surface area contributed by atoms with E-state index >= 15 is 0 Å². The summed E-state index contributed by atoms with van der Waals surface area (Å²) in [6, 6.07) is 7.20. The zero-order valence-electron chi connectivity index (χ0n) is 15.1. The van der Waals surface area contributed by atoms with Gasteiger partial charge in [-0.1, -0.05) is 11.6 Å². The lowest BCUT2D eigenvalue weighted by Gasteiger charge is -2.35. The van der Waals surface area contributed by atoms with Crippen LogP contribution in [-0.2, 0) is 6.18 Å².